The summed E-state index contributed by atoms with van der Waals surface area (Å²) in [6.07, 6.45) is 0. The van der Waals surface area contributed by atoms with Gasteiger partial charge in [0.15, 0.2) is 0 Å². The van der Waals surface area contributed by atoms with Crippen molar-refractivity contribution in [3.63, 3.8) is 0 Å². The second-order valence-corrected chi connectivity index (χ2v) is 4.61. The molecule has 3 nitrogen and oxygen atoms in total. The van der Waals surface area contributed by atoms with Crippen LogP contribution in [0.3, 0.4) is 0 Å². The van der Waals surface area contributed by atoms with Crippen molar-refractivity contribution in [2.45, 2.75) is 40.3 Å². The van der Waals surface area contributed by atoms with Gasteiger partial charge in [0, 0.05) is 6.04 Å². The molecule has 1 aromatic rings. The summed E-state index contributed by atoms with van der Waals surface area (Å²) in [7, 11) is 0. The van der Waals surface area contributed by atoms with Crippen LogP contribution in [0.25, 0.3) is 0 Å². The van der Waals surface area contributed by atoms with Gasteiger partial charge in [-0.2, -0.15) is 0 Å². The number of carbonyl (C=O) groups is 1. The highest BCUT2D eigenvalue weighted by Crippen LogP contribution is 2.10. The molecule has 0 bridgehead atoms. The van der Waals surface area contributed by atoms with Gasteiger partial charge in [0.1, 0.15) is 6.61 Å². The monoisotopic (exact) mass is 235 g/mol. The lowest BCUT2D eigenvalue weighted by Crippen LogP contribution is -2.30. The number of hydrogen-bond donors (Lipinski definition) is 1. The van der Waals surface area contributed by atoms with E-state index in [9.17, 15) is 4.79 Å². The third-order valence-corrected chi connectivity index (χ3v) is 2.63. The van der Waals surface area contributed by atoms with Gasteiger partial charge in [-0.15, -0.1) is 0 Å². The van der Waals surface area contributed by atoms with E-state index in [-0.39, 0.29) is 12.5 Å². The molecule has 17 heavy (non-hydrogen) atoms. The fourth-order valence-corrected chi connectivity index (χ4v) is 1.40. The predicted molar refractivity (Wildman–Crippen MR) is 68.9 cm³/mol. The topological polar surface area (TPSA) is 38.3 Å². The molecular formula is C14H21NO2. The van der Waals surface area contributed by atoms with Crippen LogP contribution in [0.4, 0.5) is 0 Å². The lowest BCUT2D eigenvalue weighted by Gasteiger charge is -2.09. The Morgan fingerprint density at radius 2 is 2.00 bits per heavy atom. The van der Waals surface area contributed by atoms with Crippen LogP contribution >= 0.6 is 0 Å². The Morgan fingerprint density at radius 1 is 1.29 bits per heavy atom. The van der Waals surface area contributed by atoms with E-state index >= 15 is 0 Å². The Hall–Kier alpha value is -1.35. The first-order valence-electron chi connectivity index (χ1n) is 5.94. The molecule has 0 aliphatic carbocycles. The number of aryl methyl sites for hydroxylation is 2. The van der Waals surface area contributed by atoms with Gasteiger partial charge in [-0.05, 0) is 30.5 Å². The average Bonchev–Trinajstić information content (AvgIpc) is 2.28. The molecule has 1 aromatic carbocycles. The average molecular weight is 235 g/mol. The van der Waals surface area contributed by atoms with Gasteiger partial charge in [0.25, 0.3) is 0 Å². The molecular weight excluding hydrogens is 214 g/mol. The van der Waals surface area contributed by atoms with Crippen LogP contribution in [0, 0.1) is 13.8 Å². The van der Waals surface area contributed by atoms with Gasteiger partial charge in [-0.1, -0.05) is 32.0 Å². The third-order valence-electron chi connectivity index (χ3n) is 2.63. The second-order valence-electron chi connectivity index (χ2n) is 4.61. The van der Waals surface area contributed by atoms with E-state index in [2.05, 4.69) is 25.2 Å². The Morgan fingerprint density at radius 3 is 2.59 bits per heavy atom. The Kier molecular flexibility index (Phi) is 5.16. The fraction of sp³-hybridized carbons (Fsp3) is 0.500. The Balaban J connectivity index is 2.39. The van der Waals surface area contributed by atoms with Crippen molar-refractivity contribution in [3.8, 4) is 0 Å². The molecule has 0 spiro atoms. The van der Waals surface area contributed by atoms with Crippen molar-refractivity contribution in [2.24, 2.45) is 0 Å². The largest absolute Gasteiger partial charge is 0.460 e. The van der Waals surface area contributed by atoms with Crippen molar-refractivity contribution in [1.29, 1.82) is 0 Å². The number of esters is 1. The second kappa shape index (κ2) is 6.40. The first-order valence-corrected chi connectivity index (χ1v) is 5.94. The van der Waals surface area contributed by atoms with Crippen molar-refractivity contribution < 1.29 is 9.53 Å². The number of carbonyl (C=O) groups excluding carboxylic acids is 1. The summed E-state index contributed by atoms with van der Waals surface area (Å²) in [6.45, 7) is 8.73. The number of rotatable bonds is 5. The molecule has 3 heteroatoms. The minimum atomic E-state index is -0.211. The van der Waals surface area contributed by atoms with Gasteiger partial charge in [-0.3, -0.25) is 4.79 Å². The third kappa shape index (κ3) is 5.00. The molecule has 0 radical (unpaired) electrons. The molecule has 0 aliphatic rings. The van der Waals surface area contributed by atoms with Gasteiger partial charge in [-0.25, -0.2) is 0 Å². The zero-order chi connectivity index (χ0) is 12.8. The summed E-state index contributed by atoms with van der Waals surface area (Å²) in [5.74, 6) is -0.211. The van der Waals surface area contributed by atoms with Crippen molar-refractivity contribution >= 4 is 5.97 Å². The number of nitrogens with one attached hydrogen (secondary N) is 1. The van der Waals surface area contributed by atoms with E-state index in [4.69, 9.17) is 4.74 Å². The Labute approximate surface area is 103 Å². The first-order chi connectivity index (χ1) is 7.99. The van der Waals surface area contributed by atoms with Gasteiger partial charge in [0.05, 0.1) is 6.54 Å². The maximum atomic E-state index is 11.4. The summed E-state index contributed by atoms with van der Waals surface area (Å²) in [4.78, 5) is 11.4. The fourth-order valence-electron chi connectivity index (χ4n) is 1.40. The van der Waals surface area contributed by atoms with Crippen LogP contribution in [0.2, 0.25) is 0 Å². The highest BCUT2D eigenvalue weighted by molar-refractivity contribution is 5.71. The summed E-state index contributed by atoms with van der Waals surface area (Å²) in [5, 5.41) is 3.03. The highest BCUT2D eigenvalue weighted by Gasteiger charge is 2.04. The van der Waals surface area contributed by atoms with Gasteiger partial charge < -0.3 is 10.1 Å². The van der Waals surface area contributed by atoms with E-state index < -0.39 is 0 Å². The molecule has 0 saturated carbocycles. The summed E-state index contributed by atoms with van der Waals surface area (Å²) < 4.78 is 5.17. The van der Waals surface area contributed by atoms with E-state index in [0.717, 1.165) is 5.56 Å². The molecule has 1 rings (SSSR count). The smallest absolute Gasteiger partial charge is 0.320 e. The van der Waals surface area contributed by atoms with E-state index in [1.54, 1.807) is 0 Å². The van der Waals surface area contributed by atoms with Gasteiger partial charge >= 0.3 is 5.97 Å². The van der Waals surface area contributed by atoms with Gasteiger partial charge in [0.2, 0.25) is 0 Å². The normalized spacial score (nSPS) is 10.6. The minimum Gasteiger partial charge on any atom is -0.460 e. The highest BCUT2D eigenvalue weighted by atomic mass is 16.5. The van der Waals surface area contributed by atoms with Crippen LogP contribution < -0.4 is 5.32 Å². The standard InChI is InChI=1S/C14H21NO2/c1-10(2)15-8-14(16)17-9-13-6-5-11(3)12(4)7-13/h5-7,10,15H,8-9H2,1-4H3. The number of benzene rings is 1. The zero-order valence-electron chi connectivity index (χ0n) is 11.0. The molecule has 0 unspecified atom stereocenters. The zero-order valence-corrected chi connectivity index (χ0v) is 11.0. The molecule has 0 aliphatic heterocycles. The lowest BCUT2D eigenvalue weighted by molar-refractivity contribution is -0.143. The Bertz CT molecular complexity index is 386. The quantitative estimate of drug-likeness (QED) is 0.796. The van der Waals surface area contributed by atoms with Crippen molar-refractivity contribution in [3.05, 3.63) is 34.9 Å². The molecule has 1 N–H and O–H groups in total. The molecule has 0 aromatic heterocycles. The molecule has 0 amide bonds. The van der Waals surface area contributed by atoms with E-state index in [1.807, 2.05) is 26.0 Å². The number of ether oxygens (including phenoxy) is 1. The van der Waals surface area contributed by atoms with E-state index in [0.29, 0.717) is 12.6 Å². The molecule has 0 heterocycles. The van der Waals surface area contributed by atoms with Crippen LogP contribution in [-0.2, 0) is 16.1 Å². The minimum absolute atomic E-state index is 0.211. The predicted octanol–water partition coefficient (Wildman–Crippen LogP) is 2.34. The lowest BCUT2D eigenvalue weighted by atomic mass is 10.1. The number of hydrogen-bond acceptors (Lipinski definition) is 3. The molecule has 0 saturated heterocycles. The summed E-state index contributed by atoms with van der Waals surface area (Å²) in [6, 6.07) is 6.39. The molecule has 0 fully saturated rings. The maximum Gasteiger partial charge on any atom is 0.320 e. The first kappa shape index (κ1) is 13.7. The summed E-state index contributed by atoms with van der Waals surface area (Å²) >= 11 is 0. The van der Waals surface area contributed by atoms with Crippen molar-refractivity contribution in [2.75, 3.05) is 6.54 Å². The van der Waals surface area contributed by atoms with Crippen molar-refractivity contribution in [1.82, 2.24) is 5.32 Å². The molecule has 94 valence electrons. The maximum absolute atomic E-state index is 11.4. The van der Waals surface area contributed by atoms with Crippen LogP contribution in [0.5, 0.6) is 0 Å². The SMILES string of the molecule is Cc1ccc(COC(=O)CNC(C)C)cc1C. The van der Waals surface area contributed by atoms with Crippen LogP contribution in [0.1, 0.15) is 30.5 Å². The molecule has 0 atom stereocenters. The van der Waals surface area contributed by atoms with Crippen LogP contribution in [0.15, 0.2) is 18.2 Å². The van der Waals surface area contributed by atoms with Crippen LogP contribution in [-0.4, -0.2) is 18.6 Å². The summed E-state index contributed by atoms with van der Waals surface area (Å²) in [5.41, 5.74) is 3.51. The van der Waals surface area contributed by atoms with E-state index in [1.165, 1.54) is 11.1 Å².